The Morgan fingerprint density at radius 2 is 2.36 bits per heavy atom. The van der Waals surface area contributed by atoms with Crippen LogP contribution in [0.1, 0.15) is 5.69 Å². The molecule has 3 aromatic rings. The highest BCUT2D eigenvalue weighted by Gasteiger charge is 2.08. The molecule has 0 saturated carbocycles. The van der Waals surface area contributed by atoms with E-state index in [9.17, 15) is 4.79 Å². The molecule has 0 fully saturated rings. The number of aromatic amines is 2. The van der Waals surface area contributed by atoms with Crippen molar-refractivity contribution < 1.29 is 0 Å². The Labute approximate surface area is 77.6 Å². The molecule has 3 rings (SSSR count). The van der Waals surface area contributed by atoms with E-state index in [2.05, 4.69) is 19.9 Å². The van der Waals surface area contributed by atoms with E-state index in [1.54, 1.807) is 6.20 Å². The Morgan fingerprint density at radius 1 is 1.50 bits per heavy atom. The zero-order chi connectivity index (χ0) is 9.71. The fraction of sp³-hybridized carbons (Fsp3) is 0.125. The van der Waals surface area contributed by atoms with Crippen molar-refractivity contribution in [3.63, 3.8) is 0 Å². The molecule has 3 heterocycles. The molecule has 0 aliphatic heterocycles. The molecule has 0 saturated heterocycles. The van der Waals surface area contributed by atoms with Crippen LogP contribution >= 0.6 is 0 Å². The van der Waals surface area contributed by atoms with Gasteiger partial charge in [0.2, 0.25) is 5.78 Å². The second kappa shape index (κ2) is 2.22. The van der Waals surface area contributed by atoms with Crippen LogP contribution in [0.4, 0.5) is 0 Å². The first kappa shape index (κ1) is 7.31. The number of nitrogens with one attached hydrogen (secondary N) is 2. The van der Waals surface area contributed by atoms with Crippen molar-refractivity contribution in [2.45, 2.75) is 6.92 Å². The zero-order valence-electron chi connectivity index (χ0n) is 7.40. The SMILES string of the molecule is Cc1cn2c(=O)c3[nH]cnc3nc2[nH]1. The van der Waals surface area contributed by atoms with E-state index in [-0.39, 0.29) is 5.56 Å². The quantitative estimate of drug-likeness (QED) is 0.530. The number of rotatable bonds is 0. The molecule has 6 nitrogen and oxygen atoms in total. The zero-order valence-corrected chi connectivity index (χ0v) is 7.40. The standard InChI is InChI=1S/C8H7N5O/c1-4-2-13-7(14)5-6(10-3-9-5)12-8(13)11-4/h2-3H,1H3,(H,9,10)(H,11,12). The van der Waals surface area contributed by atoms with Crippen molar-refractivity contribution in [3.8, 4) is 0 Å². The normalized spacial score (nSPS) is 11.5. The first-order valence-electron chi connectivity index (χ1n) is 4.17. The van der Waals surface area contributed by atoms with Crippen LogP contribution in [0.15, 0.2) is 17.3 Å². The van der Waals surface area contributed by atoms with Gasteiger partial charge in [-0.3, -0.25) is 4.79 Å². The molecular formula is C8H7N5O. The summed E-state index contributed by atoms with van der Waals surface area (Å²) in [7, 11) is 0. The molecule has 0 atom stereocenters. The maximum Gasteiger partial charge on any atom is 0.285 e. The van der Waals surface area contributed by atoms with Gasteiger partial charge in [-0.05, 0) is 6.92 Å². The van der Waals surface area contributed by atoms with E-state index in [1.165, 1.54) is 10.7 Å². The van der Waals surface area contributed by atoms with Gasteiger partial charge in [0.15, 0.2) is 11.2 Å². The molecule has 70 valence electrons. The van der Waals surface area contributed by atoms with Crippen LogP contribution in [-0.2, 0) is 0 Å². The number of aryl methyl sites for hydroxylation is 1. The van der Waals surface area contributed by atoms with Gasteiger partial charge in [-0.15, -0.1) is 0 Å². The summed E-state index contributed by atoms with van der Waals surface area (Å²) in [5, 5.41) is 0. The third-order valence-electron chi connectivity index (χ3n) is 2.12. The lowest BCUT2D eigenvalue weighted by atomic mass is 10.5. The Morgan fingerprint density at radius 3 is 3.21 bits per heavy atom. The van der Waals surface area contributed by atoms with Crippen LogP contribution in [0, 0.1) is 6.92 Å². The summed E-state index contributed by atoms with van der Waals surface area (Å²) in [5.41, 5.74) is 1.63. The maximum atomic E-state index is 11.8. The molecule has 0 amide bonds. The van der Waals surface area contributed by atoms with Gasteiger partial charge in [-0.25, -0.2) is 9.38 Å². The van der Waals surface area contributed by atoms with Crippen molar-refractivity contribution in [3.05, 3.63) is 28.6 Å². The van der Waals surface area contributed by atoms with Gasteiger partial charge < -0.3 is 9.97 Å². The van der Waals surface area contributed by atoms with E-state index in [4.69, 9.17) is 0 Å². The topological polar surface area (TPSA) is 78.8 Å². The van der Waals surface area contributed by atoms with Crippen LogP contribution in [0.25, 0.3) is 16.9 Å². The van der Waals surface area contributed by atoms with Gasteiger partial charge in [0, 0.05) is 11.9 Å². The van der Waals surface area contributed by atoms with E-state index < -0.39 is 0 Å². The summed E-state index contributed by atoms with van der Waals surface area (Å²) in [6.45, 7) is 1.87. The molecule has 0 unspecified atom stereocenters. The van der Waals surface area contributed by atoms with Crippen LogP contribution in [0.3, 0.4) is 0 Å². The monoisotopic (exact) mass is 189 g/mol. The molecule has 0 aliphatic carbocycles. The van der Waals surface area contributed by atoms with Crippen LogP contribution in [-0.4, -0.2) is 24.3 Å². The summed E-state index contributed by atoms with van der Waals surface area (Å²) in [6.07, 6.45) is 3.18. The van der Waals surface area contributed by atoms with Crippen LogP contribution in [0.5, 0.6) is 0 Å². The molecule has 2 N–H and O–H groups in total. The highest BCUT2D eigenvalue weighted by atomic mass is 16.1. The molecule has 0 spiro atoms. The predicted molar refractivity (Wildman–Crippen MR) is 50.2 cm³/mol. The molecule has 0 radical (unpaired) electrons. The minimum absolute atomic E-state index is 0.133. The Kier molecular flexibility index (Phi) is 1.16. The summed E-state index contributed by atoms with van der Waals surface area (Å²) in [6, 6.07) is 0. The number of hydrogen-bond donors (Lipinski definition) is 2. The third kappa shape index (κ3) is 0.769. The molecule has 14 heavy (non-hydrogen) atoms. The summed E-state index contributed by atoms with van der Waals surface area (Å²) >= 11 is 0. The smallest absolute Gasteiger partial charge is 0.285 e. The molecular weight excluding hydrogens is 182 g/mol. The van der Waals surface area contributed by atoms with Crippen molar-refractivity contribution in [2.75, 3.05) is 0 Å². The average molecular weight is 189 g/mol. The molecule has 6 heteroatoms. The first-order valence-corrected chi connectivity index (χ1v) is 4.17. The number of imidazole rings is 2. The van der Waals surface area contributed by atoms with Crippen molar-refractivity contribution in [1.82, 2.24) is 24.3 Å². The van der Waals surface area contributed by atoms with E-state index in [0.717, 1.165) is 5.69 Å². The summed E-state index contributed by atoms with van der Waals surface area (Å²) in [5.74, 6) is 0.520. The van der Waals surface area contributed by atoms with Gasteiger partial charge >= 0.3 is 0 Å². The van der Waals surface area contributed by atoms with Crippen molar-refractivity contribution >= 4 is 16.9 Å². The van der Waals surface area contributed by atoms with E-state index in [0.29, 0.717) is 16.9 Å². The minimum Gasteiger partial charge on any atom is -0.339 e. The van der Waals surface area contributed by atoms with Gasteiger partial charge in [-0.1, -0.05) is 0 Å². The second-order valence-corrected chi connectivity index (χ2v) is 3.15. The van der Waals surface area contributed by atoms with Gasteiger partial charge in [0.1, 0.15) is 0 Å². The minimum atomic E-state index is -0.133. The van der Waals surface area contributed by atoms with Gasteiger partial charge in [-0.2, -0.15) is 4.98 Å². The lowest BCUT2D eigenvalue weighted by Crippen LogP contribution is -2.13. The number of hydrogen-bond acceptors (Lipinski definition) is 3. The predicted octanol–water partition coefficient (Wildman–Crippen LogP) is 0.207. The number of fused-ring (bicyclic) bond motifs is 2. The lowest BCUT2D eigenvalue weighted by molar-refractivity contribution is 1.08. The van der Waals surface area contributed by atoms with Crippen molar-refractivity contribution in [1.29, 1.82) is 0 Å². The number of nitrogens with zero attached hydrogens (tertiary/aromatic N) is 3. The fourth-order valence-corrected chi connectivity index (χ4v) is 1.51. The molecule has 0 aliphatic rings. The molecule has 0 aromatic carbocycles. The number of H-pyrrole nitrogens is 2. The first-order chi connectivity index (χ1) is 6.75. The summed E-state index contributed by atoms with van der Waals surface area (Å²) < 4.78 is 1.47. The lowest BCUT2D eigenvalue weighted by Gasteiger charge is -1.90. The third-order valence-corrected chi connectivity index (χ3v) is 2.12. The Hall–Kier alpha value is -2.11. The molecule has 0 bridgehead atoms. The maximum absolute atomic E-state index is 11.8. The van der Waals surface area contributed by atoms with Crippen LogP contribution in [0.2, 0.25) is 0 Å². The highest BCUT2D eigenvalue weighted by Crippen LogP contribution is 2.03. The Bertz CT molecular complexity index is 674. The largest absolute Gasteiger partial charge is 0.339 e. The van der Waals surface area contributed by atoms with Gasteiger partial charge in [0.25, 0.3) is 5.56 Å². The van der Waals surface area contributed by atoms with Crippen molar-refractivity contribution in [2.24, 2.45) is 0 Å². The Balaban J connectivity index is 2.68. The number of aromatic nitrogens is 5. The van der Waals surface area contributed by atoms with Gasteiger partial charge in [0.05, 0.1) is 6.33 Å². The van der Waals surface area contributed by atoms with Crippen LogP contribution < -0.4 is 5.56 Å². The second-order valence-electron chi connectivity index (χ2n) is 3.15. The fourth-order valence-electron chi connectivity index (χ4n) is 1.51. The van der Waals surface area contributed by atoms with E-state index in [1.807, 2.05) is 6.92 Å². The highest BCUT2D eigenvalue weighted by molar-refractivity contribution is 5.70. The van der Waals surface area contributed by atoms with E-state index >= 15 is 0 Å². The average Bonchev–Trinajstić information content (AvgIpc) is 2.71. The summed E-state index contributed by atoms with van der Waals surface area (Å²) in [4.78, 5) is 25.7. The molecule has 3 aromatic heterocycles.